The number of pyridine rings is 2. The van der Waals surface area contributed by atoms with Crippen molar-refractivity contribution in [3.63, 3.8) is 0 Å². The summed E-state index contributed by atoms with van der Waals surface area (Å²) in [6.07, 6.45) is 2.86. The number of rotatable bonds is 6. The Hall–Kier alpha value is -4.12. The number of amides is 2. The molecule has 0 spiro atoms. The van der Waals surface area contributed by atoms with Crippen LogP contribution < -0.4 is 16.1 Å². The minimum Gasteiger partial charge on any atom is -0.477 e. The number of carbonyl (C=O) groups excluding carboxylic acids is 1. The molecule has 174 valence electrons. The maximum atomic E-state index is 13.7. The number of aryl methyl sites for hydroxylation is 1. The zero-order valence-corrected chi connectivity index (χ0v) is 19.1. The number of carboxylic acid groups (broad SMARTS) is 1. The highest BCUT2D eigenvalue weighted by Gasteiger charge is 2.18. The van der Waals surface area contributed by atoms with Crippen LogP contribution >= 0.6 is 11.3 Å². The Balaban J connectivity index is 1.90. The lowest BCUT2D eigenvalue weighted by atomic mass is 9.99. The predicted molar refractivity (Wildman–Crippen MR) is 128 cm³/mol. The van der Waals surface area contributed by atoms with Gasteiger partial charge < -0.3 is 15.0 Å². The van der Waals surface area contributed by atoms with Crippen molar-refractivity contribution < 1.29 is 19.1 Å². The fourth-order valence-corrected chi connectivity index (χ4v) is 4.30. The number of nitrogens with zero attached hydrogens (tertiary/aromatic N) is 3. The molecule has 2 amide bonds. The summed E-state index contributed by atoms with van der Waals surface area (Å²) in [5.74, 6) is -1.65. The van der Waals surface area contributed by atoms with Crippen LogP contribution in [0, 0.1) is 5.95 Å². The average Bonchev–Trinajstić information content (AvgIpc) is 3.25. The second kappa shape index (κ2) is 9.40. The third kappa shape index (κ3) is 4.37. The summed E-state index contributed by atoms with van der Waals surface area (Å²) < 4.78 is 15.4. The number of anilines is 1. The van der Waals surface area contributed by atoms with Gasteiger partial charge in [-0.15, -0.1) is 11.3 Å². The summed E-state index contributed by atoms with van der Waals surface area (Å²) in [4.78, 5) is 44.3. The monoisotopic (exact) mass is 481 g/mol. The molecule has 34 heavy (non-hydrogen) atoms. The Kier molecular flexibility index (Phi) is 6.37. The van der Waals surface area contributed by atoms with Crippen LogP contribution in [0.25, 0.3) is 32.6 Å². The normalized spacial score (nSPS) is 10.9. The minimum atomic E-state index is -1.29. The van der Waals surface area contributed by atoms with E-state index < -0.39 is 23.4 Å². The third-order valence-corrected chi connectivity index (χ3v) is 6.00. The van der Waals surface area contributed by atoms with Crippen LogP contribution in [0.2, 0.25) is 0 Å². The summed E-state index contributed by atoms with van der Waals surface area (Å²) in [5, 5.41) is 16.6. The largest absolute Gasteiger partial charge is 0.477 e. The summed E-state index contributed by atoms with van der Waals surface area (Å²) in [7, 11) is 0. The smallest absolute Gasteiger partial charge is 0.341 e. The molecule has 0 aliphatic heterocycles. The van der Waals surface area contributed by atoms with E-state index >= 15 is 0 Å². The molecule has 9 nitrogen and oxygen atoms in total. The Morgan fingerprint density at radius 1 is 1.21 bits per heavy atom. The molecule has 0 aliphatic carbocycles. The lowest BCUT2D eigenvalue weighted by molar-refractivity contribution is 0.0695. The number of thiazole rings is 1. The van der Waals surface area contributed by atoms with E-state index in [1.54, 1.807) is 35.8 Å². The molecule has 0 atom stereocenters. The zero-order chi connectivity index (χ0) is 24.4. The summed E-state index contributed by atoms with van der Waals surface area (Å²) in [5.41, 5.74) is 1.50. The van der Waals surface area contributed by atoms with Crippen LogP contribution in [0.5, 0.6) is 0 Å². The highest BCUT2D eigenvalue weighted by atomic mass is 32.1. The summed E-state index contributed by atoms with van der Waals surface area (Å²) in [6.45, 7) is 4.51. The molecule has 11 heteroatoms. The van der Waals surface area contributed by atoms with E-state index in [1.165, 1.54) is 17.8 Å². The van der Waals surface area contributed by atoms with Crippen LogP contribution in [0.1, 0.15) is 24.2 Å². The average molecular weight is 482 g/mol. The molecule has 4 aromatic rings. The highest BCUT2D eigenvalue weighted by molar-refractivity contribution is 7.13. The number of fused-ring (bicyclic) bond motifs is 1. The molecule has 0 radical (unpaired) electrons. The molecular formula is C23H20FN5O4S. The number of halogens is 1. The fourth-order valence-electron chi connectivity index (χ4n) is 3.60. The van der Waals surface area contributed by atoms with E-state index in [9.17, 15) is 23.9 Å². The van der Waals surface area contributed by atoms with Crippen LogP contribution in [0.4, 0.5) is 15.0 Å². The second-order valence-corrected chi connectivity index (χ2v) is 8.13. The minimum absolute atomic E-state index is 0.262. The Labute approximate surface area is 196 Å². The predicted octanol–water partition coefficient (Wildman–Crippen LogP) is 4.19. The number of hydrogen-bond donors (Lipinski definition) is 3. The van der Waals surface area contributed by atoms with Crippen molar-refractivity contribution in [2.45, 2.75) is 20.4 Å². The molecule has 4 rings (SSSR count). The second-order valence-electron chi connectivity index (χ2n) is 7.27. The van der Waals surface area contributed by atoms with Crippen molar-refractivity contribution in [2.75, 3.05) is 11.9 Å². The maximum absolute atomic E-state index is 13.7. The number of aromatic nitrogens is 3. The number of hydrogen-bond acceptors (Lipinski definition) is 6. The first-order chi connectivity index (χ1) is 16.3. The first-order valence-electron chi connectivity index (χ1n) is 10.4. The van der Waals surface area contributed by atoms with Crippen molar-refractivity contribution in [3.8, 4) is 21.7 Å². The first kappa shape index (κ1) is 23.1. The van der Waals surface area contributed by atoms with Gasteiger partial charge in [-0.25, -0.2) is 19.6 Å². The van der Waals surface area contributed by atoms with Gasteiger partial charge in [0.1, 0.15) is 16.4 Å². The standard InChI is InChI=1S/C23H20FN5O4S/c1-3-25-23(33)28-19-8-14(21-27-18(24)11-34-21)15(9-26-19)12-5-6-13-17(7-12)29(4-2)10-16(20(13)30)22(31)32/h5-11H,3-4H2,1-2H3,(H,31,32)(H2,25,26,28,33). The van der Waals surface area contributed by atoms with E-state index in [-0.39, 0.29) is 16.8 Å². The Bertz CT molecular complexity index is 1480. The fraction of sp³-hybridized carbons (Fsp3) is 0.174. The number of urea groups is 1. The molecule has 0 fully saturated rings. The zero-order valence-electron chi connectivity index (χ0n) is 18.3. The van der Waals surface area contributed by atoms with Gasteiger partial charge >= 0.3 is 12.0 Å². The number of carboxylic acids is 1. The third-order valence-electron chi connectivity index (χ3n) is 5.15. The quantitative estimate of drug-likeness (QED) is 0.379. The van der Waals surface area contributed by atoms with Gasteiger partial charge in [0.25, 0.3) is 0 Å². The molecule has 0 saturated carbocycles. The van der Waals surface area contributed by atoms with E-state index in [1.807, 2.05) is 6.92 Å². The number of benzene rings is 1. The Morgan fingerprint density at radius 3 is 2.65 bits per heavy atom. The van der Waals surface area contributed by atoms with E-state index in [0.29, 0.717) is 40.3 Å². The van der Waals surface area contributed by atoms with E-state index in [2.05, 4.69) is 20.6 Å². The summed E-state index contributed by atoms with van der Waals surface area (Å²) in [6, 6.07) is 6.18. The van der Waals surface area contributed by atoms with Gasteiger partial charge in [-0.1, -0.05) is 6.07 Å². The van der Waals surface area contributed by atoms with Gasteiger partial charge in [0.15, 0.2) is 0 Å². The SMILES string of the molecule is CCNC(=O)Nc1cc(-c2nc(F)cs2)c(-c2ccc3c(=O)c(C(=O)O)cn(CC)c3c2)cn1. The molecule has 0 bridgehead atoms. The van der Waals surface area contributed by atoms with E-state index in [0.717, 1.165) is 11.3 Å². The van der Waals surface area contributed by atoms with Crippen molar-refractivity contribution >= 4 is 40.1 Å². The van der Waals surface area contributed by atoms with Crippen molar-refractivity contribution in [1.29, 1.82) is 0 Å². The van der Waals surface area contributed by atoms with Gasteiger partial charge in [-0.2, -0.15) is 4.39 Å². The van der Waals surface area contributed by atoms with Crippen molar-refractivity contribution in [3.05, 3.63) is 63.8 Å². The Morgan fingerprint density at radius 2 is 2.00 bits per heavy atom. The highest BCUT2D eigenvalue weighted by Crippen LogP contribution is 2.35. The molecule has 0 unspecified atom stereocenters. The number of nitrogens with one attached hydrogen (secondary N) is 2. The van der Waals surface area contributed by atoms with Gasteiger partial charge in [-0.3, -0.25) is 10.1 Å². The molecule has 3 N–H and O–H groups in total. The first-order valence-corrected chi connectivity index (χ1v) is 11.3. The molecular weight excluding hydrogens is 461 g/mol. The molecule has 0 aliphatic rings. The number of aromatic carboxylic acids is 1. The molecule has 3 aromatic heterocycles. The van der Waals surface area contributed by atoms with Gasteiger partial charge in [-0.05, 0) is 37.6 Å². The van der Waals surface area contributed by atoms with Crippen LogP contribution in [0.3, 0.4) is 0 Å². The van der Waals surface area contributed by atoms with Crippen LogP contribution in [0.15, 0.2) is 46.8 Å². The van der Waals surface area contributed by atoms with Crippen molar-refractivity contribution in [2.24, 2.45) is 0 Å². The topological polar surface area (TPSA) is 126 Å². The van der Waals surface area contributed by atoms with Crippen LogP contribution in [-0.2, 0) is 6.54 Å². The molecule has 0 saturated heterocycles. The number of carbonyl (C=O) groups is 2. The maximum Gasteiger partial charge on any atom is 0.341 e. The molecule has 3 heterocycles. The van der Waals surface area contributed by atoms with Gasteiger partial charge in [0.05, 0.1) is 5.52 Å². The van der Waals surface area contributed by atoms with E-state index in [4.69, 9.17) is 0 Å². The lowest BCUT2D eigenvalue weighted by Crippen LogP contribution is -2.28. The molecule has 1 aromatic carbocycles. The van der Waals surface area contributed by atoms with Gasteiger partial charge in [0.2, 0.25) is 11.4 Å². The van der Waals surface area contributed by atoms with Crippen molar-refractivity contribution in [1.82, 2.24) is 19.9 Å². The van der Waals surface area contributed by atoms with Gasteiger partial charge in [0, 0.05) is 47.4 Å². The summed E-state index contributed by atoms with van der Waals surface area (Å²) >= 11 is 1.11. The lowest BCUT2D eigenvalue weighted by Gasteiger charge is -2.14. The van der Waals surface area contributed by atoms with Crippen LogP contribution in [-0.4, -0.2) is 38.2 Å².